The average molecular weight is 243 g/mol. The standard InChI is InChI=1S/C10H17N3O2S/c1-3-13(4-5-15-2)9(14)6-8-7-16-10(11)12-8/h7H,3-6H2,1-2H3,(H2,11,12). The van der Waals surface area contributed by atoms with E-state index >= 15 is 0 Å². The molecule has 0 radical (unpaired) electrons. The van der Waals surface area contributed by atoms with E-state index in [1.807, 2.05) is 12.3 Å². The van der Waals surface area contributed by atoms with Gasteiger partial charge in [-0.25, -0.2) is 4.98 Å². The second-order valence-corrected chi connectivity index (χ2v) is 4.21. The van der Waals surface area contributed by atoms with Crippen molar-refractivity contribution in [1.29, 1.82) is 0 Å². The number of carbonyl (C=O) groups excluding carboxylic acids is 1. The maximum absolute atomic E-state index is 11.9. The first kappa shape index (κ1) is 12.9. The van der Waals surface area contributed by atoms with Gasteiger partial charge in [0.1, 0.15) is 0 Å². The Morgan fingerprint density at radius 2 is 2.44 bits per heavy atom. The Morgan fingerprint density at radius 3 is 2.94 bits per heavy atom. The number of rotatable bonds is 6. The largest absolute Gasteiger partial charge is 0.383 e. The molecule has 0 spiro atoms. The first-order valence-electron chi connectivity index (χ1n) is 5.14. The van der Waals surface area contributed by atoms with Crippen LogP contribution < -0.4 is 5.73 Å². The Labute approximate surface area is 99.2 Å². The van der Waals surface area contributed by atoms with Gasteiger partial charge in [-0.2, -0.15) is 0 Å². The van der Waals surface area contributed by atoms with Crippen molar-refractivity contribution in [3.63, 3.8) is 0 Å². The van der Waals surface area contributed by atoms with Crippen LogP contribution in [0.4, 0.5) is 5.13 Å². The Bertz CT molecular complexity index is 341. The summed E-state index contributed by atoms with van der Waals surface area (Å²) in [6.45, 7) is 3.80. The number of nitrogens with zero attached hydrogens (tertiary/aromatic N) is 2. The van der Waals surface area contributed by atoms with Crippen molar-refractivity contribution in [2.45, 2.75) is 13.3 Å². The normalized spacial score (nSPS) is 10.4. The number of hydrogen-bond donors (Lipinski definition) is 1. The van der Waals surface area contributed by atoms with Crippen LogP contribution in [0.1, 0.15) is 12.6 Å². The van der Waals surface area contributed by atoms with Crippen molar-refractivity contribution in [3.8, 4) is 0 Å². The average Bonchev–Trinajstić information content (AvgIpc) is 2.65. The quantitative estimate of drug-likeness (QED) is 0.801. The van der Waals surface area contributed by atoms with E-state index in [4.69, 9.17) is 10.5 Å². The summed E-state index contributed by atoms with van der Waals surface area (Å²) >= 11 is 1.35. The van der Waals surface area contributed by atoms with Crippen LogP contribution in [0.15, 0.2) is 5.38 Å². The predicted octanol–water partition coefficient (Wildman–Crippen LogP) is 0.763. The number of methoxy groups -OCH3 is 1. The molecule has 1 aromatic rings. The van der Waals surface area contributed by atoms with Crippen molar-refractivity contribution in [3.05, 3.63) is 11.1 Å². The lowest BCUT2D eigenvalue weighted by atomic mass is 10.3. The van der Waals surface area contributed by atoms with Crippen LogP contribution in [-0.4, -0.2) is 42.6 Å². The topological polar surface area (TPSA) is 68.5 Å². The zero-order valence-electron chi connectivity index (χ0n) is 9.60. The van der Waals surface area contributed by atoms with Crippen LogP contribution in [0.25, 0.3) is 0 Å². The van der Waals surface area contributed by atoms with Gasteiger partial charge in [-0.15, -0.1) is 11.3 Å². The third-order valence-electron chi connectivity index (χ3n) is 2.20. The molecule has 2 N–H and O–H groups in total. The number of ether oxygens (including phenoxy) is 1. The molecule has 0 aliphatic heterocycles. The fraction of sp³-hybridized carbons (Fsp3) is 0.600. The molecule has 6 heteroatoms. The van der Waals surface area contributed by atoms with Crippen molar-refractivity contribution in [1.82, 2.24) is 9.88 Å². The monoisotopic (exact) mass is 243 g/mol. The molecule has 90 valence electrons. The van der Waals surface area contributed by atoms with E-state index in [0.29, 0.717) is 31.2 Å². The highest BCUT2D eigenvalue weighted by Crippen LogP contribution is 2.12. The second-order valence-electron chi connectivity index (χ2n) is 3.32. The van der Waals surface area contributed by atoms with Crippen LogP contribution in [0.3, 0.4) is 0 Å². The number of nitrogen functional groups attached to an aromatic ring is 1. The van der Waals surface area contributed by atoms with E-state index in [2.05, 4.69) is 4.98 Å². The third kappa shape index (κ3) is 3.79. The maximum Gasteiger partial charge on any atom is 0.228 e. The number of hydrogen-bond acceptors (Lipinski definition) is 5. The summed E-state index contributed by atoms with van der Waals surface area (Å²) in [4.78, 5) is 17.7. The third-order valence-corrected chi connectivity index (χ3v) is 2.92. The summed E-state index contributed by atoms with van der Waals surface area (Å²) in [7, 11) is 1.62. The molecule has 1 amide bonds. The van der Waals surface area contributed by atoms with Gasteiger partial charge in [-0.1, -0.05) is 0 Å². The first-order chi connectivity index (χ1) is 7.67. The highest BCUT2D eigenvalue weighted by molar-refractivity contribution is 7.13. The molecule has 0 aliphatic rings. The molecule has 0 aliphatic carbocycles. The minimum atomic E-state index is 0.0600. The molecule has 0 saturated heterocycles. The van der Waals surface area contributed by atoms with E-state index in [1.54, 1.807) is 12.0 Å². The van der Waals surface area contributed by atoms with Crippen LogP contribution in [0, 0.1) is 0 Å². The molecule has 5 nitrogen and oxygen atoms in total. The van der Waals surface area contributed by atoms with Crippen LogP contribution in [0.2, 0.25) is 0 Å². The van der Waals surface area contributed by atoms with Gasteiger partial charge in [0.05, 0.1) is 18.7 Å². The number of carbonyl (C=O) groups is 1. The van der Waals surface area contributed by atoms with Crippen molar-refractivity contribution < 1.29 is 9.53 Å². The number of anilines is 1. The van der Waals surface area contributed by atoms with Crippen molar-refractivity contribution >= 4 is 22.4 Å². The van der Waals surface area contributed by atoms with Gasteiger partial charge in [0, 0.05) is 25.6 Å². The van der Waals surface area contributed by atoms with Gasteiger partial charge in [0.2, 0.25) is 5.91 Å². The molecule has 0 aromatic carbocycles. The summed E-state index contributed by atoms with van der Waals surface area (Å²) in [5.74, 6) is 0.0600. The van der Waals surface area contributed by atoms with E-state index in [9.17, 15) is 4.79 Å². The maximum atomic E-state index is 11.9. The van der Waals surface area contributed by atoms with Crippen LogP contribution >= 0.6 is 11.3 Å². The molecule has 0 atom stereocenters. The Kier molecular flexibility index (Phi) is 5.21. The Balaban J connectivity index is 2.49. The van der Waals surface area contributed by atoms with Gasteiger partial charge in [-0.3, -0.25) is 4.79 Å². The molecule has 1 aromatic heterocycles. The van der Waals surface area contributed by atoms with Crippen LogP contribution in [-0.2, 0) is 16.0 Å². The second kappa shape index (κ2) is 6.44. The van der Waals surface area contributed by atoms with Gasteiger partial charge in [-0.05, 0) is 6.92 Å². The molecule has 0 bridgehead atoms. The highest BCUT2D eigenvalue weighted by Gasteiger charge is 2.13. The molecular formula is C10H17N3O2S. The minimum Gasteiger partial charge on any atom is -0.383 e. The molecule has 16 heavy (non-hydrogen) atoms. The molecule has 1 rings (SSSR count). The van der Waals surface area contributed by atoms with E-state index in [1.165, 1.54) is 11.3 Å². The van der Waals surface area contributed by atoms with Gasteiger partial charge < -0.3 is 15.4 Å². The summed E-state index contributed by atoms with van der Waals surface area (Å²) in [6.07, 6.45) is 0.311. The summed E-state index contributed by atoms with van der Waals surface area (Å²) < 4.78 is 4.95. The SMILES string of the molecule is CCN(CCOC)C(=O)Cc1csc(N)n1. The zero-order chi connectivity index (χ0) is 12.0. The Morgan fingerprint density at radius 1 is 1.69 bits per heavy atom. The highest BCUT2D eigenvalue weighted by atomic mass is 32.1. The number of thiazole rings is 1. The number of likely N-dealkylation sites (N-methyl/N-ethyl adjacent to an activating group) is 1. The number of amides is 1. The van der Waals surface area contributed by atoms with E-state index in [-0.39, 0.29) is 5.91 Å². The summed E-state index contributed by atoms with van der Waals surface area (Å²) in [6, 6.07) is 0. The number of aromatic nitrogens is 1. The van der Waals surface area contributed by atoms with Crippen molar-refractivity contribution in [2.75, 3.05) is 32.5 Å². The molecule has 0 saturated carbocycles. The van der Waals surface area contributed by atoms with Crippen LogP contribution in [0.5, 0.6) is 0 Å². The lowest BCUT2D eigenvalue weighted by Gasteiger charge is -2.19. The summed E-state index contributed by atoms with van der Waals surface area (Å²) in [5.41, 5.74) is 6.24. The van der Waals surface area contributed by atoms with Gasteiger partial charge in [0.15, 0.2) is 5.13 Å². The smallest absolute Gasteiger partial charge is 0.228 e. The number of nitrogens with two attached hydrogens (primary N) is 1. The van der Waals surface area contributed by atoms with E-state index in [0.717, 1.165) is 5.69 Å². The predicted molar refractivity (Wildman–Crippen MR) is 64.4 cm³/mol. The van der Waals surface area contributed by atoms with E-state index < -0.39 is 0 Å². The van der Waals surface area contributed by atoms with Gasteiger partial charge in [0.25, 0.3) is 0 Å². The summed E-state index contributed by atoms with van der Waals surface area (Å²) in [5, 5.41) is 2.32. The fourth-order valence-electron chi connectivity index (χ4n) is 1.33. The van der Waals surface area contributed by atoms with Gasteiger partial charge >= 0.3 is 0 Å². The lowest BCUT2D eigenvalue weighted by molar-refractivity contribution is -0.130. The minimum absolute atomic E-state index is 0.0600. The molecular weight excluding hydrogens is 226 g/mol. The zero-order valence-corrected chi connectivity index (χ0v) is 10.4. The fourth-order valence-corrected chi connectivity index (χ4v) is 1.89. The first-order valence-corrected chi connectivity index (χ1v) is 6.02. The lowest BCUT2D eigenvalue weighted by Crippen LogP contribution is -2.34. The van der Waals surface area contributed by atoms with Crippen molar-refractivity contribution in [2.24, 2.45) is 0 Å². The molecule has 0 unspecified atom stereocenters. The Hall–Kier alpha value is -1.14. The molecule has 0 fully saturated rings. The molecule has 1 heterocycles.